The van der Waals surface area contributed by atoms with Crippen LogP contribution < -0.4 is 10.1 Å². The van der Waals surface area contributed by atoms with E-state index in [1.807, 2.05) is 60.7 Å². The third-order valence-corrected chi connectivity index (χ3v) is 5.62. The largest absolute Gasteiger partial charge is 0.495 e. The number of carbonyl (C=O) groups excluding carboxylic acids is 1. The zero-order valence-electron chi connectivity index (χ0n) is 17.2. The Morgan fingerprint density at radius 3 is 2.29 bits per heavy atom. The van der Waals surface area contributed by atoms with Crippen molar-refractivity contribution in [2.75, 3.05) is 18.2 Å². The number of thioether (sulfide) groups is 1. The van der Waals surface area contributed by atoms with Gasteiger partial charge in [-0.1, -0.05) is 84.6 Å². The molecule has 0 atom stereocenters. The van der Waals surface area contributed by atoms with Crippen LogP contribution in [0.1, 0.15) is 6.42 Å². The van der Waals surface area contributed by atoms with Gasteiger partial charge < -0.3 is 15.0 Å². The van der Waals surface area contributed by atoms with E-state index in [-0.39, 0.29) is 5.91 Å². The molecule has 0 fully saturated rings. The highest BCUT2D eigenvalue weighted by molar-refractivity contribution is 7.99. The van der Waals surface area contributed by atoms with Crippen LogP contribution in [-0.2, 0) is 4.79 Å². The topological polar surface area (TPSA) is 67.0 Å². The van der Waals surface area contributed by atoms with E-state index in [0.29, 0.717) is 23.6 Å². The fourth-order valence-electron chi connectivity index (χ4n) is 3.24. The predicted molar refractivity (Wildman–Crippen MR) is 126 cm³/mol. The summed E-state index contributed by atoms with van der Waals surface area (Å²) in [6.45, 7) is 0. The average Bonchev–Trinajstić information content (AvgIpc) is 3.25. The first kappa shape index (κ1) is 20.8. The van der Waals surface area contributed by atoms with Crippen molar-refractivity contribution in [2.24, 2.45) is 0 Å². The quantitative estimate of drug-likeness (QED) is 0.344. The summed E-state index contributed by atoms with van der Waals surface area (Å²) in [5.74, 6) is 1.20. The number of nitrogens with zero attached hydrogens (tertiary/aromatic N) is 1. The lowest BCUT2D eigenvalue weighted by atomic mass is 10.1. The minimum atomic E-state index is -0.0601. The summed E-state index contributed by atoms with van der Waals surface area (Å²) in [6, 6.07) is 27.7. The van der Waals surface area contributed by atoms with Crippen LogP contribution in [-0.4, -0.2) is 28.7 Å². The highest BCUT2D eigenvalue weighted by Crippen LogP contribution is 2.32. The Balaban J connectivity index is 1.45. The standard InChI is InChI=1S/C25H23N3O2S/c1-30-21-15-9-8-14-20(21)26-22(29)16-17-31-25-27-23(18-10-4-2-5-11-18)24(28-25)19-12-6-3-7-13-19/h2-15H,16-17H2,1H3,(H,26,29)(H,27,28). The Kier molecular flexibility index (Phi) is 6.69. The number of hydrogen-bond acceptors (Lipinski definition) is 4. The maximum atomic E-state index is 12.4. The molecular weight excluding hydrogens is 406 g/mol. The van der Waals surface area contributed by atoms with Crippen LogP contribution >= 0.6 is 11.8 Å². The number of aromatic nitrogens is 2. The van der Waals surface area contributed by atoms with Gasteiger partial charge in [-0.05, 0) is 12.1 Å². The van der Waals surface area contributed by atoms with E-state index in [0.717, 1.165) is 27.7 Å². The Hall–Kier alpha value is -3.51. The number of imidazole rings is 1. The van der Waals surface area contributed by atoms with Gasteiger partial charge in [-0.25, -0.2) is 4.98 Å². The van der Waals surface area contributed by atoms with Crippen LogP contribution in [0.4, 0.5) is 5.69 Å². The second-order valence-electron chi connectivity index (χ2n) is 6.84. The molecule has 5 nitrogen and oxygen atoms in total. The molecule has 4 aromatic rings. The Labute approximate surface area is 185 Å². The third-order valence-electron chi connectivity index (χ3n) is 4.74. The number of anilines is 1. The lowest BCUT2D eigenvalue weighted by molar-refractivity contribution is -0.115. The lowest BCUT2D eigenvalue weighted by Gasteiger charge is -2.09. The van der Waals surface area contributed by atoms with E-state index < -0.39 is 0 Å². The normalized spacial score (nSPS) is 10.6. The Morgan fingerprint density at radius 2 is 1.58 bits per heavy atom. The van der Waals surface area contributed by atoms with Gasteiger partial charge in [0.15, 0.2) is 5.16 Å². The molecule has 0 aliphatic rings. The first-order valence-corrected chi connectivity index (χ1v) is 11.0. The summed E-state index contributed by atoms with van der Waals surface area (Å²) in [5, 5.41) is 3.70. The molecule has 0 aliphatic heterocycles. The first-order valence-electron chi connectivity index (χ1n) is 10.0. The lowest BCUT2D eigenvalue weighted by Crippen LogP contribution is -2.12. The van der Waals surface area contributed by atoms with E-state index in [1.54, 1.807) is 7.11 Å². The smallest absolute Gasteiger partial charge is 0.225 e. The number of nitrogens with one attached hydrogen (secondary N) is 2. The molecule has 0 aliphatic carbocycles. The molecule has 3 aromatic carbocycles. The number of para-hydroxylation sites is 2. The molecule has 0 spiro atoms. The number of rotatable bonds is 8. The SMILES string of the molecule is COc1ccccc1NC(=O)CCSc1nc(-c2ccccc2)c(-c2ccccc2)[nH]1. The fraction of sp³-hybridized carbons (Fsp3) is 0.120. The number of ether oxygens (including phenoxy) is 1. The number of H-pyrrole nitrogens is 1. The van der Waals surface area contributed by atoms with Gasteiger partial charge in [0.25, 0.3) is 0 Å². The van der Waals surface area contributed by atoms with Gasteiger partial charge in [0, 0.05) is 23.3 Å². The molecule has 1 aromatic heterocycles. The first-order chi connectivity index (χ1) is 15.2. The number of hydrogen-bond donors (Lipinski definition) is 2. The molecule has 31 heavy (non-hydrogen) atoms. The van der Waals surface area contributed by atoms with Crippen molar-refractivity contribution in [3.63, 3.8) is 0 Å². The molecule has 156 valence electrons. The van der Waals surface area contributed by atoms with Crippen molar-refractivity contribution < 1.29 is 9.53 Å². The predicted octanol–water partition coefficient (Wildman–Crippen LogP) is 5.87. The van der Waals surface area contributed by atoms with Gasteiger partial charge in [0.1, 0.15) is 5.75 Å². The molecule has 1 heterocycles. The molecule has 1 amide bonds. The minimum Gasteiger partial charge on any atom is -0.495 e. The van der Waals surface area contributed by atoms with Crippen LogP contribution in [0.5, 0.6) is 5.75 Å². The zero-order chi connectivity index (χ0) is 21.5. The molecular formula is C25H23N3O2S. The summed E-state index contributed by atoms with van der Waals surface area (Å²) in [6.07, 6.45) is 0.366. The molecule has 0 unspecified atom stereocenters. The third kappa shape index (κ3) is 5.16. The van der Waals surface area contributed by atoms with Crippen LogP contribution in [0, 0.1) is 0 Å². The maximum Gasteiger partial charge on any atom is 0.225 e. The molecule has 6 heteroatoms. The van der Waals surface area contributed by atoms with Crippen molar-refractivity contribution in [2.45, 2.75) is 11.6 Å². The summed E-state index contributed by atoms with van der Waals surface area (Å²) in [4.78, 5) is 20.6. The highest BCUT2D eigenvalue weighted by Gasteiger charge is 2.15. The van der Waals surface area contributed by atoms with Crippen LogP contribution in [0.3, 0.4) is 0 Å². The van der Waals surface area contributed by atoms with Crippen LogP contribution in [0.15, 0.2) is 90.1 Å². The number of aromatic amines is 1. The van der Waals surface area contributed by atoms with Crippen molar-refractivity contribution in [1.29, 1.82) is 0 Å². The Bertz CT molecular complexity index is 1090. The monoisotopic (exact) mass is 429 g/mol. The number of methoxy groups -OCH3 is 1. The van der Waals surface area contributed by atoms with Gasteiger partial charge in [0.05, 0.1) is 24.2 Å². The summed E-state index contributed by atoms with van der Waals surface area (Å²) >= 11 is 1.53. The minimum absolute atomic E-state index is 0.0601. The van der Waals surface area contributed by atoms with E-state index in [9.17, 15) is 4.79 Å². The van der Waals surface area contributed by atoms with E-state index in [2.05, 4.69) is 34.6 Å². The maximum absolute atomic E-state index is 12.4. The Morgan fingerprint density at radius 1 is 0.935 bits per heavy atom. The fourth-order valence-corrected chi connectivity index (χ4v) is 4.05. The van der Waals surface area contributed by atoms with Gasteiger partial charge in [-0.3, -0.25) is 4.79 Å². The average molecular weight is 430 g/mol. The second-order valence-corrected chi connectivity index (χ2v) is 7.93. The van der Waals surface area contributed by atoms with Crippen molar-refractivity contribution in [3.05, 3.63) is 84.9 Å². The van der Waals surface area contributed by atoms with Crippen molar-refractivity contribution >= 4 is 23.4 Å². The zero-order valence-corrected chi connectivity index (χ0v) is 18.0. The second kappa shape index (κ2) is 10.00. The van der Waals surface area contributed by atoms with Gasteiger partial charge >= 0.3 is 0 Å². The molecule has 2 N–H and O–H groups in total. The van der Waals surface area contributed by atoms with E-state index in [4.69, 9.17) is 9.72 Å². The van der Waals surface area contributed by atoms with Crippen molar-refractivity contribution in [3.8, 4) is 28.3 Å². The highest BCUT2D eigenvalue weighted by atomic mass is 32.2. The van der Waals surface area contributed by atoms with Crippen LogP contribution in [0.25, 0.3) is 22.5 Å². The molecule has 0 bridgehead atoms. The van der Waals surface area contributed by atoms with E-state index in [1.165, 1.54) is 11.8 Å². The molecule has 0 saturated carbocycles. The van der Waals surface area contributed by atoms with Gasteiger partial charge in [-0.2, -0.15) is 0 Å². The summed E-state index contributed by atoms with van der Waals surface area (Å²) in [5.41, 5.74) is 4.70. The number of carbonyl (C=O) groups is 1. The van der Waals surface area contributed by atoms with E-state index >= 15 is 0 Å². The summed E-state index contributed by atoms with van der Waals surface area (Å²) < 4.78 is 5.29. The van der Waals surface area contributed by atoms with Crippen LogP contribution in [0.2, 0.25) is 0 Å². The number of amides is 1. The number of benzene rings is 3. The van der Waals surface area contributed by atoms with Gasteiger partial charge in [0.2, 0.25) is 5.91 Å². The molecule has 4 rings (SSSR count). The molecule has 0 radical (unpaired) electrons. The molecule has 0 saturated heterocycles. The van der Waals surface area contributed by atoms with Crippen molar-refractivity contribution in [1.82, 2.24) is 9.97 Å². The van der Waals surface area contributed by atoms with Gasteiger partial charge in [-0.15, -0.1) is 0 Å². The summed E-state index contributed by atoms with van der Waals surface area (Å²) in [7, 11) is 1.59.